The number of aromatic nitrogens is 3. The maximum atomic E-state index is 13.6. The molecule has 3 aromatic rings. The number of benzene rings is 1. The quantitative estimate of drug-likeness (QED) is 0.333. The molecule has 41 heavy (non-hydrogen) atoms. The Morgan fingerprint density at radius 2 is 1.76 bits per heavy atom. The number of carbonyl (C=O) groups excluding carboxylic acids is 1. The number of nitrogen functional groups attached to an aromatic ring is 1. The minimum absolute atomic E-state index is 0.0272. The van der Waals surface area contributed by atoms with E-state index in [2.05, 4.69) is 15.6 Å². The number of alkyl halides is 6. The highest BCUT2D eigenvalue weighted by Crippen LogP contribution is 2.67. The summed E-state index contributed by atoms with van der Waals surface area (Å²) in [5.74, 6) is -0.864. The molecule has 2 aromatic heterocycles. The van der Waals surface area contributed by atoms with E-state index in [1.165, 1.54) is 18.2 Å². The van der Waals surface area contributed by atoms with E-state index < -0.39 is 40.4 Å². The molecular weight excluding hydrogens is 554 g/mol. The first-order chi connectivity index (χ1) is 19.0. The van der Waals surface area contributed by atoms with Crippen molar-refractivity contribution in [1.29, 1.82) is 5.26 Å². The van der Waals surface area contributed by atoms with Gasteiger partial charge in [0.2, 0.25) is 11.8 Å². The highest BCUT2D eigenvalue weighted by atomic mass is 19.4. The van der Waals surface area contributed by atoms with E-state index in [0.29, 0.717) is 34.3 Å². The Morgan fingerprint density at radius 1 is 1.12 bits per heavy atom. The number of hydrogen-bond donors (Lipinski definition) is 2. The number of rotatable bonds is 6. The molecular formula is C27H26F6N6O2. The molecule has 0 atom stereocenters. The van der Waals surface area contributed by atoms with Crippen LogP contribution in [0.25, 0.3) is 11.3 Å². The van der Waals surface area contributed by atoms with Crippen molar-refractivity contribution < 1.29 is 35.7 Å². The maximum Gasteiger partial charge on any atom is 0.413 e. The van der Waals surface area contributed by atoms with Gasteiger partial charge in [-0.1, -0.05) is 29.4 Å². The van der Waals surface area contributed by atoms with Gasteiger partial charge in [0.15, 0.2) is 5.54 Å². The number of nitriles is 1. The largest absolute Gasteiger partial charge is 0.413 e. The van der Waals surface area contributed by atoms with Crippen molar-refractivity contribution in [3.05, 3.63) is 47.2 Å². The molecule has 2 aliphatic rings. The predicted octanol–water partition coefficient (Wildman–Crippen LogP) is 6.23. The molecule has 1 aromatic carbocycles. The Bertz CT molecular complexity index is 1520. The zero-order valence-corrected chi connectivity index (χ0v) is 22.1. The smallest absolute Gasteiger partial charge is 0.383 e. The number of amides is 1. The van der Waals surface area contributed by atoms with Gasteiger partial charge in [0, 0.05) is 17.0 Å². The number of halogens is 6. The number of nitrogens with two attached hydrogens (primary N) is 1. The Labute approximate surface area is 230 Å². The zero-order valence-electron chi connectivity index (χ0n) is 22.1. The van der Waals surface area contributed by atoms with Gasteiger partial charge < -0.3 is 10.3 Å². The number of nitrogens with zero attached hydrogens (tertiary/aromatic N) is 4. The van der Waals surface area contributed by atoms with Crippen LogP contribution in [0.15, 0.2) is 34.9 Å². The first kappa shape index (κ1) is 28.5. The van der Waals surface area contributed by atoms with Crippen LogP contribution in [0.2, 0.25) is 0 Å². The molecule has 0 spiro atoms. The molecule has 218 valence electrons. The topological polar surface area (TPSA) is 123 Å². The van der Waals surface area contributed by atoms with Crippen molar-refractivity contribution in [1.82, 2.24) is 14.9 Å². The minimum atomic E-state index is -4.68. The summed E-state index contributed by atoms with van der Waals surface area (Å²) in [6.07, 6.45) is -8.31. The van der Waals surface area contributed by atoms with Crippen LogP contribution in [0.5, 0.6) is 0 Å². The van der Waals surface area contributed by atoms with Gasteiger partial charge >= 0.3 is 12.4 Å². The van der Waals surface area contributed by atoms with Crippen molar-refractivity contribution in [3.63, 3.8) is 0 Å². The van der Waals surface area contributed by atoms with E-state index >= 15 is 0 Å². The summed E-state index contributed by atoms with van der Waals surface area (Å²) in [4.78, 5) is 12.6. The van der Waals surface area contributed by atoms with Crippen molar-refractivity contribution in [2.75, 3.05) is 11.1 Å². The highest BCUT2D eigenvalue weighted by molar-refractivity contribution is 5.91. The van der Waals surface area contributed by atoms with Crippen LogP contribution in [-0.4, -0.2) is 33.2 Å². The molecule has 5 rings (SSSR count). The van der Waals surface area contributed by atoms with Gasteiger partial charge in [0.1, 0.15) is 23.1 Å². The summed E-state index contributed by atoms with van der Waals surface area (Å²) in [7, 11) is 0. The van der Waals surface area contributed by atoms with Crippen molar-refractivity contribution in [2.45, 2.75) is 75.7 Å². The zero-order chi connectivity index (χ0) is 30.0. The van der Waals surface area contributed by atoms with Gasteiger partial charge in [-0.15, -0.1) is 0 Å². The van der Waals surface area contributed by atoms with Gasteiger partial charge in [0.25, 0.3) is 0 Å². The van der Waals surface area contributed by atoms with Gasteiger partial charge in [-0.25, -0.2) is 4.68 Å². The van der Waals surface area contributed by atoms with Gasteiger partial charge in [-0.2, -0.15) is 36.7 Å². The fraction of sp³-hybridized carbons (Fsp3) is 0.481. The Hall–Kier alpha value is -4.02. The summed E-state index contributed by atoms with van der Waals surface area (Å²) in [6, 6.07) is 9.41. The third-order valence-electron chi connectivity index (χ3n) is 8.61. The fourth-order valence-electron chi connectivity index (χ4n) is 5.96. The average Bonchev–Trinajstić information content (AvgIpc) is 3.66. The number of hydrogen-bond acceptors (Lipinski definition) is 6. The molecule has 0 radical (unpaired) electrons. The predicted molar refractivity (Wildman–Crippen MR) is 134 cm³/mol. The number of anilines is 2. The molecule has 14 heteroatoms. The summed E-state index contributed by atoms with van der Waals surface area (Å²) in [5.41, 5.74) is 2.02. The highest BCUT2D eigenvalue weighted by Gasteiger charge is 2.67. The SMILES string of the molecule is CC(C)(n1nc(-c2ccc(CC(=O)Nc3cc(C45CCC(C(F)(F)F)(CC4)C5)no3)cc2)c(C#N)c1N)C(F)(F)F. The van der Waals surface area contributed by atoms with Crippen LogP contribution in [-0.2, 0) is 22.2 Å². The second kappa shape index (κ2) is 9.25. The van der Waals surface area contributed by atoms with Crippen LogP contribution >= 0.6 is 0 Å². The number of carbonyl (C=O) groups is 1. The second-order valence-corrected chi connectivity index (χ2v) is 11.4. The molecule has 0 saturated heterocycles. The third-order valence-corrected chi connectivity index (χ3v) is 8.61. The van der Waals surface area contributed by atoms with Crippen molar-refractivity contribution in [3.8, 4) is 17.3 Å². The summed E-state index contributed by atoms with van der Waals surface area (Å²) in [6.45, 7) is 1.80. The standard InChI is InChI=1S/C27H26F6N6O2/c1-23(2,26(28,29)30)39-22(35)17(13-34)21(37-39)16-5-3-15(4-6-16)11-19(40)36-20-12-18(38-41-20)24-7-9-25(14-24,10-8-24)27(31,32)33/h3-6,12H,7-11,14,35H2,1-2H3,(H,36,40). The maximum absolute atomic E-state index is 13.6. The molecule has 2 saturated carbocycles. The van der Waals surface area contributed by atoms with E-state index in [0.717, 1.165) is 13.8 Å². The molecule has 2 bridgehead atoms. The van der Waals surface area contributed by atoms with E-state index in [1.54, 1.807) is 12.1 Å². The van der Waals surface area contributed by atoms with Gasteiger partial charge in [0.05, 0.1) is 17.5 Å². The molecule has 1 amide bonds. The van der Waals surface area contributed by atoms with Gasteiger partial charge in [-0.05, 0) is 51.5 Å². The van der Waals surface area contributed by atoms with Crippen molar-refractivity contribution in [2.24, 2.45) is 5.41 Å². The summed E-state index contributed by atoms with van der Waals surface area (Å²) < 4.78 is 87.3. The Morgan fingerprint density at radius 3 is 2.29 bits per heavy atom. The lowest BCUT2D eigenvalue weighted by molar-refractivity contribution is -0.220. The fourth-order valence-corrected chi connectivity index (χ4v) is 5.96. The van der Waals surface area contributed by atoms with Crippen LogP contribution < -0.4 is 11.1 Å². The van der Waals surface area contributed by atoms with Crippen LogP contribution in [0, 0.1) is 16.7 Å². The molecule has 0 unspecified atom stereocenters. The van der Waals surface area contributed by atoms with Crippen LogP contribution in [0.3, 0.4) is 0 Å². The first-order valence-corrected chi connectivity index (χ1v) is 12.8. The average molecular weight is 581 g/mol. The molecule has 8 nitrogen and oxygen atoms in total. The van der Waals surface area contributed by atoms with E-state index in [-0.39, 0.29) is 42.8 Å². The Balaban J connectivity index is 1.27. The number of nitrogens with one attached hydrogen (secondary N) is 1. The molecule has 3 N–H and O–H groups in total. The lowest BCUT2D eigenvalue weighted by atomic mass is 9.80. The van der Waals surface area contributed by atoms with Crippen LogP contribution in [0.1, 0.15) is 62.8 Å². The summed E-state index contributed by atoms with van der Waals surface area (Å²) in [5, 5.41) is 20.1. The normalized spacial score (nSPS) is 22.6. The van der Waals surface area contributed by atoms with Gasteiger partial charge in [-0.3, -0.25) is 10.1 Å². The van der Waals surface area contributed by atoms with E-state index in [4.69, 9.17) is 10.3 Å². The van der Waals surface area contributed by atoms with Crippen molar-refractivity contribution >= 4 is 17.6 Å². The van der Waals surface area contributed by atoms with E-state index in [9.17, 15) is 36.4 Å². The minimum Gasteiger partial charge on any atom is -0.383 e. The Kier molecular flexibility index (Phi) is 6.43. The third kappa shape index (κ3) is 4.61. The molecule has 2 heterocycles. The lowest BCUT2D eigenvalue weighted by Crippen LogP contribution is -2.43. The number of fused-ring (bicyclic) bond motifs is 2. The lowest BCUT2D eigenvalue weighted by Gasteiger charge is -2.29. The first-order valence-electron chi connectivity index (χ1n) is 12.8. The van der Waals surface area contributed by atoms with Crippen LogP contribution in [0.4, 0.5) is 38.0 Å². The van der Waals surface area contributed by atoms with E-state index in [1.807, 2.05) is 6.07 Å². The monoisotopic (exact) mass is 580 g/mol. The summed E-state index contributed by atoms with van der Waals surface area (Å²) >= 11 is 0. The molecule has 2 aliphatic carbocycles. The molecule has 0 aliphatic heterocycles. The second-order valence-electron chi connectivity index (χ2n) is 11.4. The molecule has 2 fully saturated rings.